The maximum atomic E-state index is 11.0. The van der Waals surface area contributed by atoms with E-state index in [0.29, 0.717) is 12.2 Å². The van der Waals surface area contributed by atoms with Gasteiger partial charge in [-0.15, -0.1) is 0 Å². The van der Waals surface area contributed by atoms with Crippen molar-refractivity contribution in [2.45, 2.75) is 25.5 Å². The van der Waals surface area contributed by atoms with Gasteiger partial charge in [0, 0.05) is 25.1 Å². The molecule has 0 amide bonds. The normalized spacial score (nSPS) is 21.2. The summed E-state index contributed by atoms with van der Waals surface area (Å²) in [5.74, 6) is 3.07. The molecular formula is C20H21NO5. The Morgan fingerprint density at radius 1 is 0.962 bits per heavy atom. The third-order valence-electron chi connectivity index (χ3n) is 5.34. The maximum Gasteiger partial charge on any atom is 0.231 e. The predicted octanol–water partition coefficient (Wildman–Crippen LogP) is 2.41. The molecule has 0 unspecified atom stereocenters. The minimum atomic E-state index is -0.609. The Balaban J connectivity index is 1.59. The van der Waals surface area contributed by atoms with Crippen molar-refractivity contribution >= 4 is 0 Å². The molecule has 3 aliphatic heterocycles. The van der Waals surface area contributed by atoms with Crippen LogP contribution in [0.1, 0.15) is 28.4 Å². The van der Waals surface area contributed by atoms with E-state index in [2.05, 4.69) is 11.9 Å². The molecule has 0 fully saturated rings. The molecule has 0 bridgehead atoms. The quantitative estimate of drug-likeness (QED) is 0.783. The zero-order chi connectivity index (χ0) is 17.7. The van der Waals surface area contributed by atoms with E-state index in [0.717, 1.165) is 59.0 Å². The second-order valence-corrected chi connectivity index (χ2v) is 7.05. The van der Waals surface area contributed by atoms with Gasteiger partial charge >= 0.3 is 0 Å². The first kappa shape index (κ1) is 15.8. The summed E-state index contributed by atoms with van der Waals surface area (Å²) in [5, 5.41) is 11.0. The predicted molar refractivity (Wildman–Crippen MR) is 93.8 cm³/mol. The lowest BCUT2D eigenvalue weighted by Crippen LogP contribution is -2.24. The van der Waals surface area contributed by atoms with E-state index in [1.165, 1.54) is 0 Å². The first-order chi connectivity index (χ1) is 12.7. The number of nitrogens with zero attached hydrogens (tertiary/aromatic N) is 1. The van der Waals surface area contributed by atoms with E-state index in [1.54, 1.807) is 0 Å². The highest BCUT2D eigenvalue weighted by atomic mass is 16.7. The molecule has 0 radical (unpaired) electrons. The Bertz CT molecular complexity index is 866. The first-order valence-electron chi connectivity index (χ1n) is 8.88. The second-order valence-electron chi connectivity index (χ2n) is 7.05. The topological polar surface area (TPSA) is 60.4 Å². The third-order valence-corrected chi connectivity index (χ3v) is 5.34. The molecule has 0 saturated heterocycles. The smallest absolute Gasteiger partial charge is 0.231 e. The standard InChI is InChI=1S/C20H21NO5/c1-21-5-4-13-7-18-19(25-10-24-18)8-14(13)16(22)6-12-2-3-17-20(15(12)9-21)26-11-23-17/h2-3,7-8,16,22H,4-6,9-11H2,1H3/t16-/m0/s1. The van der Waals surface area contributed by atoms with E-state index < -0.39 is 6.10 Å². The Morgan fingerprint density at radius 3 is 2.62 bits per heavy atom. The lowest BCUT2D eigenvalue weighted by Gasteiger charge is -2.25. The van der Waals surface area contributed by atoms with E-state index in [1.807, 2.05) is 24.3 Å². The van der Waals surface area contributed by atoms with Gasteiger partial charge in [-0.05, 0) is 48.4 Å². The van der Waals surface area contributed by atoms with Gasteiger partial charge in [-0.3, -0.25) is 0 Å². The summed E-state index contributed by atoms with van der Waals surface area (Å²) in [4.78, 5) is 2.27. The molecule has 0 saturated carbocycles. The minimum Gasteiger partial charge on any atom is -0.454 e. The fourth-order valence-corrected chi connectivity index (χ4v) is 3.94. The van der Waals surface area contributed by atoms with Crippen LogP contribution in [-0.2, 0) is 19.4 Å². The summed E-state index contributed by atoms with van der Waals surface area (Å²) in [7, 11) is 2.10. The first-order valence-corrected chi connectivity index (χ1v) is 8.88. The van der Waals surface area contributed by atoms with Gasteiger partial charge in [-0.25, -0.2) is 0 Å². The Hall–Kier alpha value is -2.44. The molecule has 1 atom stereocenters. The number of aliphatic hydroxyl groups is 1. The Kier molecular flexibility index (Phi) is 3.69. The number of rotatable bonds is 0. The number of hydrogen-bond donors (Lipinski definition) is 1. The van der Waals surface area contributed by atoms with Crippen molar-refractivity contribution in [2.75, 3.05) is 27.2 Å². The Labute approximate surface area is 151 Å². The molecule has 0 aromatic heterocycles. The zero-order valence-corrected chi connectivity index (χ0v) is 14.7. The van der Waals surface area contributed by atoms with Gasteiger partial charge in [0.2, 0.25) is 13.6 Å². The highest BCUT2D eigenvalue weighted by molar-refractivity contribution is 5.54. The molecule has 2 aromatic carbocycles. The van der Waals surface area contributed by atoms with Crippen LogP contribution in [0.25, 0.3) is 0 Å². The lowest BCUT2D eigenvalue weighted by molar-refractivity contribution is 0.169. The molecule has 136 valence electrons. The molecule has 6 nitrogen and oxygen atoms in total. The van der Waals surface area contributed by atoms with Gasteiger partial charge in [-0.1, -0.05) is 6.07 Å². The number of fused-ring (bicyclic) bond motifs is 5. The summed E-state index contributed by atoms with van der Waals surface area (Å²) in [6, 6.07) is 7.90. The molecule has 1 N–H and O–H groups in total. The fourth-order valence-electron chi connectivity index (χ4n) is 3.94. The molecule has 3 heterocycles. The van der Waals surface area contributed by atoms with E-state index in [9.17, 15) is 5.11 Å². The summed E-state index contributed by atoms with van der Waals surface area (Å²) in [6.07, 6.45) is 0.746. The average Bonchev–Trinajstić information content (AvgIpc) is 3.28. The summed E-state index contributed by atoms with van der Waals surface area (Å²) >= 11 is 0. The van der Waals surface area contributed by atoms with Gasteiger partial charge in [-0.2, -0.15) is 0 Å². The molecule has 6 heteroatoms. The van der Waals surface area contributed by atoms with Crippen molar-refractivity contribution in [2.24, 2.45) is 0 Å². The van der Waals surface area contributed by atoms with Crippen molar-refractivity contribution in [1.82, 2.24) is 4.90 Å². The van der Waals surface area contributed by atoms with E-state index >= 15 is 0 Å². The molecular weight excluding hydrogens is 334 g/mol. The van der Waals surface area contributed by atoms with Crippen LogP contribution in [0.15, 0.2) is 24.3 Å². The van der Waals surface area contributed by atoms with Crippen LogP contribution in [-0.4, -0.2) is 37.2 Å². The average molecular weight is 355 g/mol. The van der Waals surface area contributed by atoms with Crippen LogP contribution in [0.5, 0.6) is 23.0 Å². The SMILES string of the molecule is CN1CCc2cc3c(cc2[C@@H](O)Cc2ccc4c(c2C1)OCO4)OCO3. The summed E-state index contributed by atoms with van der Waals surface area (Å²) in [5.41, 5.74) is 4.20. The van der Waals surface area contributed by atoms with Crippen molar-refractivity contribution in [3.05, 3.63) is 46.5 Å². The van der Waals surface area contributed by atoms with Gasteiger partial charge in [0.05, 0.1) is 6.10 Å². The highest BCUT2D eigenvalue weighted by Gasteiger charge is 2.27. The molecule has 0 spiro atoms. The number of ether oxygens (including phenoxy) is 4. The number of likely N-dealkylation sites (N-methyl/N-ethyl adjacent to an activating group) is 1. The van der Waals surface area contributed by atoms with Gasteiger partial charge in [0.25, 0.3) is 0 Å². The molecule has 0 aliphatic carbocycles. The van der Waals surface area contributed by atoms with Crippen LogP contribution in [0, 0.1) is 0 Å². The number of aliphatic hydroxyl groups excluding tert-OH is 1. The number of benzene rings is 2. The van der Waals surface area contributed by atoms with Crippen molar-refractivity contribution in [3.8, 4) is 23.0 Å². The minimum absolute atomic E-state index is 0.237. The van der Waals surface area contributed by atoms with Crippen molar-refractivity contribution in [3.63, 3.8) is 0 Å². The van der Waals surface area contributed by atoms with Gasteiger partial charge in [0.1, 0.15) is 0 Å². The second kappa shape index (κ2) is 6.07. The van der Waals surface area contributed by atoms with E-state index in [4.69, 9.17) is 18.9 Å². The summed E-state index contributed by atoms with van der Waals surface area (Å²) < 4.78 is 22.3. The van der Waals surface area contributed by atoms with Crippen molar-refractivity contribution < 1.29 is 24.1 Å². The molecule has 2 aromatic rings. The van der Waals surface area contributed by atoms with Gasteiger partial charge in [0.15, 0.2) is 23.0 Å². The largest absolute Gasteiger partial charge is 0.454 e. The van der Waals surface area contributed by atoms with Crippen LogP contribution >= 0.6 is 0 Å². The monoisotopic (exact) mass is 355 g/mol. The third kappa shape index (κ3) is 2.57. The lowest BCUT2D eigenvalue weighted by atomic mass is 9.91. The zero-order valence-electron chi connectivity index (χ0n) is 14.7. The van der Waals surface area contributed by atoms with Crippen molar-refractivity contribution in [1.29, 1.82) is 0 Å². The maximum absolute atomic E-state index is 11.0. The van der Waals surface area contributed by atoms with Crippen LogP contribution < -0.4 is 18.9 Å². The molecule has 26 heavy (non-hydrogen) atoms. The number of hydrogen-bond acceptors (Lipinski definition) is 6. The van der Waals surface area contributed by atoms with Crippen LogP contribution in [0.4, 0.5) is 0 Å². The Morgan fingerprint density at radius 2 is 1.73 bits per heavy atom. The fraction of sp³-hybridized carbons (Fsp3) is 0.400. The van der Waals surface area contributed by atoms with E-state index in [-0.39, 0.29) is 13.6 Å². The van der Waals surface area contributed by atoms with Crippen LogP contribution in [0.2, 0.25) is 0 Å². The van der Waals surface area contributed by atoms with Crippen LogP contribution in [0.3, 0.4) is 0 Å². The highest BCUT2D eigenvalue weighted by Crippen LogP contribution is 2.42. The molecule has 3 aliphatic rings. The van der Waals surface area contributed by atoms with Gasteiger partial charge < -0.3 is 29.0 Å². The molecule has 5 rings (SSSR count). The summed E-state index contributed by atoms with van der Waals surface area (Å²) in [6.45, 7) is 2.11.